The van der Waals surface area contributed by atoms with Crippen molar-refractivity contribution in [3.8, 4) is 0 Å². The van der Waals surface area contributed by atoms with Crippen molar-refractivity contribution in [1.29, 1.82) is 0 Å². The molecular weight excluding hydrogens is 439 g/mol. The minimum Gasteiger partial charge on any atom is -0.352 e. The largest absolute Gasteiger partial charge is 0.352 e. The summed E-state index contributed by atoms with van der Waals surface area (Å²) in [5.74, 6) is -0.879. The number of para-hydroxylation sites is 1. The molecule has 0 bridgehead atoms. The van der Waals surface area contributed by atoms with Crippen molar-refractivity contribution in [1.82, 2.24) is 19.8 Å². The number of likely N-dealkylation sites (tertiary alicyclic amines) is 1. The highest BCUT2D eigenvalue weighted by atomic mass is 32.1. The zero-order chi connectivity index (χ0) is 22.7. The number of carbonyl (C=O) groups excluding carboxylic acids is 2. The van der Waals surface area contributed by atoms with E-state index in [1.165, 1.54) is 0 Å². The van der Waals surface area contributed by atoms with Gasteiger partial charge in [-0.15, -0.1) is 11.3 Å². The summed E-state index contributed by atoms with van der Waals surface area (Å²) in [7, 11) is 1.95. The summed E-state index contributed by atoms with van der Waals surface area (Å²) in [5, 5.41) is 6.26. The number of halogens is 1. The highest BCUT2D eigenvalue weighted by Crippen LogP contribution is 2.39. The van der Waals surface area contributed by atoms with Gasteiger partial charge in [0.2, 0.25) is 0 Å². The molecule has 168 valence electrons. The van der Waals surface area contributed by atoms with Crippen LogP contribution < -0.4 is 5.32 Å². The topological polar surface area (TPSA) is 70.1 Å². The lowest BCUT2D eigenvalue weighted by atomic mass is 9.95. The number of carbonyl (C=O) groups is 2. The van der Waals surface area contributed by atoms with Crippen molar-refractivity contribution in [3.63, 3.8) is 0 Å². The normalized spacial score (nSPS) is 22.1. The number of amides is 2. The van der Waals surface area contributed by atoms with Crippen molar-refractivity contribution in [2.45, 2.75) is 19.1 Å². The van der Waals surface area contributed by atoms with E-state index in [-0.39, 0.29) is 5.92 Å². The molecule has 2 aliphatic rings. The predicted molar refractivity (Wildman–Crippen MR) is 129 cm³/mol. The first kappa shape index (κ1) is 20.4. The molecule has 0 aliphatic carbocycles. The number of nitrogens with zero attached hydrogens (tertiary/aromatic N) is 2. The number of imide groups is 1. The molecule has 0 saturated carbocycles. The molecule has 2 amide bonds. The van der Waals surface area contributed by atoms with Gasteiger partial charge < -0.3 is 14.5 Å². The van der Waals surface area contributed by atoms with Crippen LogP contribution in [0.2, 0.25) is 0 Å². The Labute approximate surface area is 193 Å². The van der Waals surface area contributed by atoms with Gasteiger partial charge in [-0.05, 0) is 37.5 Å². The van der Waals surface area contributed by atoms with Crippen LogP contribution in [0.3, 0.4) is 0 Å². The van der Waals surface area contributed by atoms with Crippen LogP contribution in [0.25, 0.3) is 32.3 Å². The van der Waals surface area contributed by atoms with Crippen LogP contribution in [0.15, 0.2) is 48.1 Å². The summed E-state index contributed by atoms with van der Waals surface area (Å²) in [6, 6.07) is 9.77. The van der Waals surface area contributed by atoms with Crippen LogP contribution in [0.4, 0.5) is 4.39 Å². The number of hydrogen-bond donors (Lipinski definition) is 2. The van der Waals surface area contributed by atoms with E-state index < -0.39 is 18.0 Å². The summed E-state index contributed by atoms with van der Waals surface area (Å²) in [6.45, 7) is 1.84. The first-order chi connectivity index (χ1) is 16.0. The van der Waals surface area contributed by atoms with Crippen LogP contribution in [-0.2, 0) is 16.1 Å². The Morgan fingerprint density at radius 2 is 1.88 bits per heavy atom. The summed E-state index contributed by atoms with van der Waals surface area (Å²) in [4.78, 5) is 32.1. The number of benzene rings is 1. The molecule has 1 fully saturated rings. The lowest BCUT2D eigenvalue weighted by Gasteiger charge is -2.32. The highest BCUT2D eigenvalue weighted by molar-refractivity contribution is 7.16. The third-order valence-electron chi connectivity index (χ3n) is 6.87. The molecule has 33 heavy (non-hydrogen) atoms. The number of thiophene rings is 1. The van der Waals surface area contributed by atoms with Crippen molar-refractivity contribution in [2.24, 2.45) is 5.92 Å². The highest BCUT2D eigenvalue weighted by Gasteiger charge is 2.35. The second-order valence-corrected chi connectivity index (χ2v) is 9.85. The minimum absolute atomic E-state index is 0.0903. The van der Waals surface area contributed by atoms with E-state index in [1.807, 2.05) is 58.4 Å². The standard InChI is InChI=1S/C25H23FN4O2S/c1-29-8-6-14(19(26)13-29)11-30-12-18(15-4-2-3-5-20(15)30)22-21(23(31)28-24(22)32)17-10-27-25-16(17)7-9-33-25/h2-5,7,9-10,12,14,19,27H,6,8,11,13H2,1H3,(H,28,31,32). The molecule has 6 nitrogen and oxygen atoms in total. The lowest BCUT2D eigenvalue weighted by Crippen LogP contribution is -2.40. The number of alkyl halides is 1. The molecule has 2 unspecified atom stereocenters. The fourth-order valence-electron chi connectivity index (χ4n) is 5.19. The van der Waals surface area contributed by atoms with Gasteiger partial charge in [0.05, 0.1) is 11.1 Å². The van der Waals surface area contributed by atoms with Crippen LogP contribution in [0.1, 0.15) is 17.5 Å². The molecule has 8 heteroatoms. The molecule has 4 aromatic rings. The fraction of sp³-hybridized carbons (Fsp3) is 0.280. The Morgan fingerprint density at radius 1 is 1.09 bits per heavy atom. The number of piperidine rings is 1. The van der Waals surface area contributed by atoms with Gasteiger partial charge in [0, 0.05) is 58.8 Å². The number of fused-ring (bicyclic) bond motifs is 2. The van der Waals surface area contributed by atoms with Crippen LogP contribution in [0, 0.1) is 5.92 Å². The van der Waals surface area contributed by atoms with E-state index in [0.29, 0.717) is 29.8 Å². The number of H-pyrrole nitrogens is 1. The first-order valence-corrected chi connectivity index (χ1v) is 11.9. The number of rotatable bonds is 4. The Balaban J connectivity index is 1.51. The molecule has 2 atom stereocenters. The molecule has 2 aliphatic heterocycles. The Kier molecular flexibility index (Phi) is 4.74. The quantitative estimate of drug-likeness (QED) is 0.450. The molecule has 3 aromatic heterocycles. The number of aromatic nitrogens is 2. The van der Waals surface area contributed by atoms with E-state index in [0.717, 1.165) is 39.6 Å². The SMILES string of the molecule is CN1CCC(Cn2cc(C3=C(c4c[nH]c5sccc45)C(=O)NC3=O)c3ccccc32)C(F)C1. The molecule has 6 rings (SSSR count). The minimum atomic E-state index is -0.897. The van der Waals surface area contributed by atoms with Crippen molar-refractivity contribution in [3.05, 3.63) is 59.2 Å². The maximum atomic E-state index is 14.8. The van der Waals surface area contributed by atoms with Crippen molar-refractivity contribution in [2.75, 3.05) is 20.1 Å². The van der Waals surface area contributed by atoms with Gasteiger partial charge in [-0.1, -0.05) is 18.2 Å². The zero-order valence-corrected chi connectivity index (χ0v) is 18.9. The molecule has 5 heterocycles. The molecule has 0 radical (unpaired) electrons. The molecular formula is C25H23FN4O2S. The smallest absolute Gasteiger partial charge is 0.259 e. The summed E-state index contributed by atoms with van der Waals surface area (Å²) < 4.78 is 16.8. The Hall–Kier alpha value is -3.23. The average molecular weight is 463 g/mol. The van der Waals surface area contributed by atoms with E-state index in [9.17, 15) is 14.0 Å². The van der Waals surface area contributed by atoms with Gasteiger partial charge in [0.15, 0.2) is 0 Å². The predicted octanol–water partition coefficient (Wildman–Crippen LogP) is 4.04. The van der Waals surface area contributed by atoms with Gasteiger partial charge in [-0.3, -0.25) is 14.9 Å². The van der Waals surface area contributed by atoms with E-state index in [2.05, 4.69) is 10.3 Å². The van der Waals surface area contributed by atoms with Crippen LogP contribution >= 0.6 is 11.3 Å². The fourth-order valence-corrected chi connectivity index (χ4v) is 5.96. The van der Waals surface area contributed by atoms with Gasteiger partial charge in [-0.2, -0.15) is 0 Å². The second kappa shape index (κ2) is 7.67. The molecule has 1 saturated heterocycles. The van der Waals surface area contributed by atoms with Crippen LogP contribution in [0.5, 0.6) is 0 Å². The molecule has 1 aromatic carbocycles. The van der Waals surface area contributed by atoms with E-state index >= 15 is 0 Å². The van der Waals surface area contributed by atoms with E-state index in [4.69, 9.17) is 0 Å². The third kappa shape index (κ3) is 3.24. The average Bonchev–Trinajstić information content (AvgIpc) is 3.53. The third-order valence-corrected chi connectivity index (χ3v) is 7.72. The second-order valence-electron chi connectivity index (χ2n) is 8.94. The van der Waals surface area contributed by atoms with Crippen LogP contribution in [-0.4, -0.2) is 52.6 Å². The van der Waals surface area contributed by atoms with Crippen molar-refractivity contribution >= 4 is 55.4 Å². The Bertz CT molecular complexity index is 1450. The maximum absolute atomic E-state index is 14.8. The number of hydrogen-bond acceptors (Lipinski definition) is 4. The van der Waals surface area contributed by atoms with Crippen molar-refractivity contribution < 1.29 is 14.0 Å². The van der Waals surface area contributed by atoms with Gasteiger partial charge in [0.1, 0.15) is 11.0 Å². The summed E-state index contributed by atoms with van der Waals surface area (Å²) >= 11 is 1.55. The van der Waals surface area contributed by atoms with Gasteiger partial charge in [0.25, 0.3) is 11.8 Å². The lowest BCUT2D eigenvalue weighted by molar-refractivity contribution is -0.122. The number of nitrogens with one attached hydrogen (secondary N) is 2. The summed E-state index contributed by atoms with van der Waals surface area (Å²) in [5.41, 5.74) is 3.13. The molecule has 0 spiro atoms. The first-order valence-electron chi connectivity index (χ1n) is 11.1. The van der Waals surface area contributed by atoms with E-state index in [1.54, 1.807) is 17.5 Å². The number of aromatic amines is 1. The monoisotopic (exact) mass is 462 g/mol. The zero-order valence-electron chi connectivity index (χ0n) is 18.1. The van der Waals surface area contributed by atoms with Gasteiger partial charge >= 0.3 is 0 Å². The Morgan fingerprint density at radius 3 is 2.70 bits per heavy atom. The summed E-state index contributed by atoms with van der Waals surface area (Å²) in [6.07, 6.45) is 3.60. The van der Waals surface area contributed by atoms with Gasteiger partial charge in [-0.25, -0.2) is 4.39 Å². The maximum Gasteiger partial charge on any atom is 0.259 e. The molecule has 2 N–H and O–H groups in total.